The maximum absolute atomic E-state index is 5.75. The normalized spacial score (nSPS) is 10.8. The fourth-order valence-corrected chi connectivity index (χ4v) is 2.52. The van der Waals surface area contributed by atoms with Crippen molar-refractivity contribution in [3.63, 3.8) is 0 Å². The highest BCUT2D eigenvalue weighted by molar-refractivity contribution is 6.29. The highest BCUT2D eigenvalue weighted by Crippen LogP contribution is 2.19. The van der Waals surface area contributed by atoms with Crippen LogP contribution in [0.3, 0.4) is 0 Å². The highest BCUT2D eigenvalue weighted by atomic mass is 35.5. The first-order chi connectivity index (χ1) is 10.3. The minimum Gasteiger partial charge on any atom is -0.149 e. The number of rotatable bonds is 8. The van der Waals surface area contributed by atoms with Crippen LogP contribution in [0.1, 0.15) is 51.0 Å². The lowest BCUT2D eigenvalue weighted by atomic mass is 10.0. The van der Waals surface area contributed by atoms with Gasteiger partial charge in [0, 0.05) is 5.56 Å². The molecule has 2 rings (SSSR count). The van der Waals surface area contributed by atoms with Crippen LogP contribution in [-0.4, -0.2) is 10.2 Å². The molecular formula is C18H23ClN2. The molecule has 0 N–H and O–H groups in total. The van der Waals surface area contributed by atoms with Gasteiger partial charge in [-0.05, 0) is 30.5 Å². The Balaban J connectivity index is 1.80. The monoisotopic (exact) mass is 302 g/mol. The molecule has 2 nitrogen and oxygen atoms in total. The van der Waals surface area contributed by atoms with Crippen LogP contribution < -0.4 is 0 Å². The molecule has 21 heavy (non-hydrogen) atoms. The van der Waals surface area contributed by atoms with Gasteiger partial charge in [-0.15, -0.1) is 10.2 Å². The number of nitrogens with zero attached hydrogens (tertiary/aromatic N) is 2. The van der Waals surface area contributed by atoms with Crippen LogP contribution in [0.4, 0.5) is 0 Å². The lowest BCUT2D eigenvalue weighted by Gasteiger charge is -2.04. The number of benzene rings is 1. The topological polar surface area (TPSA) is 25.8 Å². The fraction of sp³-hybridized carbons (Fsp3) is 0.444. The first-order valence-corrected chi connectivity index (χ1v) is 8.26. The van der Waals surface area contributed by atoms with E-state index in [1.54, 1.807) is 6.07 Å². The van der Waals surface area contributed by atoms with Gasteiger partial charge in [-0.3, -0.25) is 0 Å². The average Bonchev–Trinajstić information content (AvgIpc) is 2.52. The summed E-state index contributed by atoms with van der Waals surface area (Å²) in [5, 5.41) is 8.41. The van der Waals surface area contributed by atoms with E-state index in [-0.39, 0.29) is 0 Å². The summed E-state index contributed by atoms with van der Waals surface area (Å²) in [5.41, 5.74) is 3.35. The summed E-state index contributed by atoms with van der Waals surface area (Å²) in [6, 6.07) is 12.3. The zero-order chi connectivity index (χ0) is 14.9. The molecule has 0 atom stereocenters. The highest BCUT2D eigenvalue weighted by Gasteiger charge is 2.01. The fourth-order valence-electron chi connectivity index (χ4n) is 2.42. The van der Waals surface area contributed by atoms with Crippen molar-refractivity contribution >= 4 is 11.6 Å². The Kier molecular flexibility index (Phi) is 6.68. The summed E-state index contributed by atoms with van der Waals surface area (Å²) >= 11 is 5.75. The molecule has 112 valence electrons. The van der Waals surface area contributed by atoms with E-state index in [4.69, 9.17) is 11.6 Å². The van der Waals surface area contributed by atoms with Crippen molar-refractivity contribution in [1.29, 1.82) is 0 Å². The smallest absolute Gasteiger partial charge is 0.149 e. The summed E-state index contributed by atoms with van der Waals surface area (Å²) in [7, 11) is 0. The maximum Gasteiger partial charge on any atom is 0.151 e. The number of hydrogen-bond acceptors (Lipinski definition) is 2. The predicted molar refractivity (Wildman–Crippen MR) is 89.6 cm³/mol. The van der Waals surface area contributed by atoms with Gasteiger partial charge in [0.25, 0.3) is 0 Å². The molecule has 0 saturated carbocycles. The van der Waals surface area contributed by atoms with Crippen molar-refractivity contribution in [3.05, 3.63) is 47.1 Å². The molecule has 0 bridgehead atoms. The summed E-state index contributed by atoms with van der Waals surface area (Å²) in [5.74, 6) is 0. The van der Waals surface area contributed by atoms with Crippen molar-refractivity contribution in [1.82, 2.24) is 10.2 Å². The number of halogens is 1. The number of aryl methyl sites for hydroxylation is 1. The second kappa shape index (κ2) is 8.78. The van der Waals surface area contributed by atoms with E-state index in [0.29, 0.717) is 5.15 Å². The Bertz CT molecular complexity index is 520. The van der Waals surface area contributed by atoms with Gasteiger partial charge in [0.2, 0.25) is 0 Å². The Morgan fingerprint density at radius 3 is 2.19 bits per heavy atom. The Hall–Kier alpha value is -1.41. The van der Waals surface area contributed by atoms with Gasteiger partial charge in [-0.1, -0.05) is 74.9 Å². The van der Waals surface area contributed by atoms with E-state index in [1.165, 1.54) is 50.5 Å². The van der Waals surface area contributed by atoms with E-state index in [9.17, 15) is 0 Å². The third-order valence-electron chi connectivity index (χ3n) is 3.70. The van der Waals surface area contributed by atoms with Crippen molar-refractivity contribution in [2.45, 2.75) is 51.9 Å². The molecule has 0 amide bonds. The zero-order valence-electron chi connectivity index (χ0n) is 12.7. The van der Waals surface area contributed by atoms with E-state index in [2.05, 4.69) is 41.4 Å². The Morgan fingerprint density at radius 2 is 1.52 bits per heavy atom. The summed E-state index contributed by atoms with van der Waals surface area (Å²) in [6.07, 6.45) is 9.22. The Morgan fingerprint density at radius 1 is 0.810 bits per heavy atom. The van der Waals surface area contributed by atoms with E-state index >= 15 is 0 Å². The lowest BCUT2D eigenvalue weighted by Crippen LogP contribution is -1.89. The molecule has 0 saturated heterocycles. The second-order valence-electron chi connectivity index (χ2n) is 5.46. The largest absolute Gasteiger partial charge is 0.151 e. The molecule has 1 aromatic carbocycles. The van der Waals surface area contributed by atoms with Crippen molar-refractivity contribution in [3.8, 4) is 11.3 Å². The molecule has 0 unspecified atom stereocenters. The predicted octanol–water partition coefficient (Wildman–Crippen LogP) is 5.70. The lowest BCUT2D eigenvalue weighted by molar-refractivity contribution is 0.607. The molecule has 0 radical (unpaired) electrons. The quantitative estimate of drug-likeness (QED) is 0.584. The van der Waals surface area contributed by atoms with Crippen LogP contribution in [0, 0.1) is 0 Å². The Labute approximate surface area is 132 Å². The number of hydrogen-bond donors (Lipinski definition) is 0. The molecule has 0 aliphatic rings. The van der Waals surface area contributed by atoms with Crippen molar-refractivity contribution in [2.75, 3.05) is 0 Å². The third-order valence-corrected chi connectivity index (χ3v) is 3.90. The van der Waals surface area contributed by atoms with Crippen molar-refractivity contribution < 1.29 is 0 Å². The number of unbranched alkanes of at least 4 members (excludes halogenated alkanes) is 5. The van der Waals surface area contributed by atoms with Crippen LogP contribution in [0.15, 0.2) is 36.4 Å². The minimum absolute atomic E-state index is 0.429. The van der Waals surface area contributed by atoms with Crippen LogP contribution >= 0.6 is 11.6 Å². The van der Waals surface area contributed by atoms with E-state index < -0.39 is 0 Å². The van der Waals surface area contributed by atoms with Crippen LogP contribution in [0.5, 0.6) is 0 Å². The molecule has 1 heterocycles. The van der Waals surface area contributed by atoms with Gasteiger partial charge < -0.3 is 0 Å². The van der Waals surface area contributed by atoms with Gasteiger partial charge >= 0.3 is 0 Å². The van der Waals surface area contributed by atoms with Crippen LogP contribution in [0.25, 0.3) is 11.3 Å². The summed E-state index contributed by atoms with van der Waals surface area (Å²) < 4.78 is 0. The molecule has 2 aromatic rings. The number of aromatic nitrogens is 2. The first-order valence-electron chi connectivity index (χ1n) is 7.88. The van der Waals surface area contributed by atoms with Gasteiger partial charge in [0.05, 0.1) is 5.69 Å². The van der Waals surface area contributed by atoms with Gasteiger partial charge in [0.1, 0.15) is 0 Å². The summed E-state index contributed by atoms with van der Waals surface area (Å²) in [4.78, 5) is 0. The summed E-state index contributed by atoms with van der Waals surface area (Å²) in [6.45, 7) is 2.26. The van der Waals surface area contributed by atoms with Crippen molar-refractivity contribution in [2.24, 2.45) is 0 Å². The van der Waals surface area contributed by atoms with E-state index in [1.807, 2.05) is 6.07 Å². The molecule has 0 fully saturated rings. The molecule has 1 aromatic heterocycles. The molecule has 0 spiro atoms. The third kappa shape index (κ3) is 5.47. The van der Waals surface area contributed by atoms with E-state index in [0.717, 1.165) is 11.3 Å². The van der Waals surface area contributed by atoms with Crippen LogP contribution in [0.2, 0.25) is 5.15 Å². The van der Waals surface area contributed by atoms with Crippen LogP contribution in [-0.2, 0) is 6.42 Å². The minimum atomic E-state index is 0.429. The van der Waals surface area contributed by atoms with Gasteiger partial charge in [-0.25, -0.2) is 0 Å². The SMILES string of the molecule is CCCCCCCCc1ccc(-c2ccc(Cl)nn2)cc1. The maximum atomic E-state index is 5.75. The molecule has 0 aliphatic carbocycles. The van der Waals surface area contributed by atoms with Gasteiger partial charge in [-0.2, -0.15) is 0 Å². The molecule has 0 aliphatic heterocycles. The first kappa shape index (κ1) is 16.0. The zero-order valence-corrected chi connectivity index (χ0v) is 13.4. The molecule has 3 heteroatoms. The average molecular weight is 303 g/mol. The molecular weight excluding hydrogens is 280 g/mol. The standard InChI is InChI=1S/C18H23ClN2/c1-2-3-4-5-6-7-8-15-9-11-16(12-10-15)17-13-14-18(19)21-20-17/h9-14H,2-8H2,1H3. The van der Waals surface area contributed by atoms with Gasteiger partial charge in [0.15, 0.2) is 5.15 Å². The second-order valence-corrected chi connectivity index (χ2v) is 5.84.